The van der Waals surface area contributed by atoms with Crippen molar-refractivity contribution >= 4 is 23.7 Å². The number of hydrogen-bond acceptors (Lipinski definition) is 5. The highest BCUT2D eigenvalue weighted by molar-refractivity contribution is 5.91. The van der Waals surface area contributed by atoms with E-state index >= 15 is 0 Å². The van der Waals surface area contributed by atoms with Gasteiger partial charge in [0.25, 0.3) is 0 Å². The standard InChI is InChI=1S/C21H29N3O5/c1-13(2)17(24-21(28)29-12-14-7-4-3-5-8-14)20(27)23-18(19(22)26)15-9-6-10-16(25)11-15/h3-5,7-8,13,15,17-18H,6,9-12H2,1-2H3,(H2,22,26)(H,23,27)(H,24,28)/t15-,17+,18-/m1/s1. The van der Waals surface area contributed by atoms with Crippen LogP contribution in [0.4, 0.5) is 4.79 Å². The molecule has 0 bridgehead atoms. The number of nitrogens with one attached hydrogen (secondary N) is 2. The molecular formula is C21H29N3O5. The Morgan fingerprint density at radius 2 is 1.86 bits per heavy atom. The van der Waals surface area contributed by atoms with Crippen LogP contribution < -0.4 is 16.4 Å². The van der Waals surface area contributed by atoms with Gasteiger partial charge < -0.3 is 21.1 Å². The van der Waals surface area contributed by atoms with Crippen LogP contribution in [0.25, 0.3) is 0 Å². The zero-order chi connectivity index (χ0) is 21.4. The van der Waals surface area contributed by atoms with Gasteiger partial charge in [-0.2, -0.15) is 0 Å². The summed E-state index contributed by atoms with van der Waals surface area (Å²) >= 11 is 0. The van der Waals surface area contributed by atoms with Crippen molar-refractivity contribution < 1.29 is 23.9 Å². The van der Waals surface area contributed by atoms with Gasteiger partial charge in [0, 0.05) is 12.8 Å². The van der Waals surface area contributed by atoms with Crippen molar-refractivity contribution in [2.45, 2.75) is 58.2 Å². The third kappa shape index (κ3) is 6.89. The minimum atomic E-state index is -0.949. The molecule has 0 heterocycles. The Bertz CT molecular complexity index is 735. The fourth-order valence-electron chi connectivity index (χ4n) is 3.43. The maximum Gasteiger partial charge on any atom is 0.408 e. The number of hydrogen-bond donors (Lipinski definition) is 3. The lowest BCUT2D eigenvalue weighted by atomic mass is 9.82. The van der Waals surface area contributed by atoms with E-state index in [-0.39, 0.29) is 30.6 Å². The van der Waals surface area contributed by atoms with Crippen LogP contribution in [0.5, 0.6) is 0 Å². The Labute approximate surface area is 170 Å². The predicted octanol–water partition coefficient (Wildman–Crippen LogP) is 1.67. The molecule has 0 radical (unpaired) electrons. The molecule has 0 spiro atoms. The van der Waals surface area contributed by atoms with Gasteiger partial charge in [0.15, 0.2) is 0 Å². The smallest absolute Gasteiger partial charge is 0.408 e. The van der Waals surface area contributed by atoms with E-state index in [0.717, 1.165) is 5.56 Å². The molecule has 0 aromatic heterocycles. The number of carbonyl (C=O) groups excluding carboxylic acids is 4. The van der Waals surface area contributed by atoms with Gasteiger partial charge >= 0.3 is 6.09 Å². The molecule has 2 rings (SSSR count). The Hall–Kier alpha value is -2.90. The lowest BCUT2D eigenvalue weighted by molar-refractivity contribution is -0.132. The molecule has 1 aromatic carbocycles. The highest BCUT2D eigenvalue weighted by Crippen LogP contribution is 2.24. The average molecular weight is 403 g/mol. The Kier molecular flexibility index (Phi) is 8.18. The largest absolute Gasteiger partial charge is 0.445 e. The topological polar surface area (TPSA) is 128 Å². The molecule has 1 aliphatic rings. The van der Waals surface area contributed by atoms with Crippen LogP contribution in [0.3, 0.4) is 0 Å². The third-order valence-electron chi connectivity index (χ3n) is 5.03. The molecule has 1 fully saturated rings. The van der Waals surface area contributed by atoms with Crippen LogP contribution in [0.1, 0.15) is 45.1 Å². The average Bonchev–Trinajstić information content (AvgIpc) is 2.68. The van der Waals surface area contributed by atoms with Crippen LogP contribution in [-0.2, 0) is 25.7 Å². The van der Waals surface area contributed by atoms with Crippen LogP contribution in [0, 0.1) is 11.8 Å². The second kappa shape index (κ2) is 10.6. The first-order valence-corrected chi connectivity index (χ1v) is 9.86. The Balaban J connectivity index is 1.96. The molecule has 8 nitrogen and oxygen atoms in total. The monoisotopic (exact) mass is 403 g/mol. The molecule has 29 heavy (non-hydrogen) atoms. The van der Waals surface area contributed by atoms with E-state index in [2.05, 4.69) is 10.6 Å². The zero-order valence-corrected chi connectivity index (χ0v) is 16.9. The lowest BCUT2D eigenvalue weighted by Gasteiger charge is -2.30. The molecule has 3 atom stereocenters. The fourth-order valence-corrected chi connectivity index (χ4v) is 3.43. The minimum Gasteiger partial charge on any atom is -0.445 e. The molecule has 3 amide bonds. The molecule has 0 saturated heterocycles. The second-order valence-corrected chi connectivity index (χ2v) is 7.71. The number of ketones is 1. The van der Waals surface area contributed by atoms with Crippen molar-refractivity contribution in [2.75, 3.05) is 0 Å². The van der Waals surface area contributed by atoms with E-state index < -0.39 is 30.0 Å². The van der Waals surface area contributed by atoms with E-state index in [4.69, 9.17) is 10.5 Å². The first kappa shape index (κ1) is 22.4. The summed E-state index contributed by atoms with van der Waals surface area (Å²) in [6.07, 6.45) is 1.28. The van der Waals surface area contributed by atoms with Crippen molar-refractivity contribution in [3.63, 3.8) is 0 Å². The molecule has 1 aromatic rings. The van der Waals surface area contributed by atoms with E-state index in [1.54, 1.807) is 13.8 Å². The van der Waals surface area contributed by atoms with Gasteiger partial charge in [0.2, 0.25) is 11.8 Å². The summed E-state index contributed by atoms with van der Waals surface area (Å²) in [7, 11) is 0. The number of Topliss-reactive ketones (excluding diaryl/α,β-unsaturated/α-hetero) is 1. The quantitative estimate of drug-likeness (QED) is 0.608. The van der Waals surface area contributed by atoms with Crippen LogP contribution >= 0.6 is 0 Å². The maximum atomic E-state index is 12.8. The van der Waals surface area contributed by atoms with Gasteiger partial charge in [-0.3, -0.25) is 14.4 Å². The van der Waals surface area contributed by atoms with Crippen molar-refractivity contribution in [1.82, 2.24) is 10.6 Å². The van der Waals surface area contributed by atoms with Gasteiger partial charge in [-0.05, 0) is 30.2 Å². The van der Waals surface area contributed by atoms with Gasteiger partial charge in [-0.15, -0.1) is 0 Å². The summed E-state index contributed by atoms with van der Waals surface area (Å²) in [5.41, 5.74) is 6.30. The molecule has 1 aliphatic carbocycles. The summed E-state index contributed by atoms with van der Waals surface area (Å²) < 4.78 is 5.18. The molecule has 8 heteroatoms. The molecular weight excluding hydrogens is 374 g/mol. The van der Waals surface area contributed by atoms with Gasteiger partial charge in [0.05, 0.1) is 0 Å². The summed E-state index contributed by atoms with van der Waals surface area (Å²) in [4.78, 5) is 48.5. The predicted molar refractivity (Wildman–Crippen MR) is 106 cm³/mol. The number of nitrogens with two attached hydrogens (primary N) is 1. The van der Waals surface area contributed by atoms with Gasteiger partial charge in [0.1, 0.15) is 24.5 Å². The SMILES string of the molecule is CC(C)[C@H](NC(=O)OCc1ccccc1)C(=O)N[C@@H](C(N)=O)[C@@H]1CCCC(=O)C1. The minimum absolute atomic E-state index is 0.0600. The Morgan fingerprint density at radius 3 is 2.45 bits per heavy atom. The number of rotatable bonds is 8. The zero-order valence-electron chi connectivity index (χ0n) is 16.9. The van der Waals surface area contributed by atoms with Crippen molar-refractivity contribution in [2.24, 2.45) is 17.6 Å². The molecule has 0 unspecified atom stereocenters. The summed E-state index contributed by atoms with van der Waals surface area (Å²) in [6, 6.07) is 7.32. The second-order valence-electron chi connectivity index (χ2n) is 7.71. The molecule has 0 aliphatic heterocycles. The summed E-state index contributed by atoms with van der Waals surface area (Å²) in [6.45, 7) is 3.61. The number of alkyl carbamates (subject to hydrolysis) is 1. The molecule has 4 N–H and O–H groups in total. The summed E-state index contributed by atoms with van der Waals surface area (Å²) in [5, 5.41) is 5.18. The Morgan fingerprint density at radius 1 is 1.17 bits per heavy atom. The van der Waals surface area contributed by atoms with E-state index in [0.29, 0.717) is 19.3 Å². The number of amides is 3. The van der Waals surface area contributed by atoms with E-state index in [1.165, 1.54) is 0 Å². The van der Waals surface area contributed by atoms with Crippen molar-refractivity contribution in [3.05, 3.63) is 35.9 Å². The van der Waals surface area contributed by atoms with Crippen molar-refractivity contribution in [1.29, 1.82) is 0 Å². The lowest BCUT2D eigenvalue weighted by Crippen LogP contribution is -2.57. The fraction of sp³-hybridized carbons (Fsp3) is 0.524. The van der Waals surface area contributed by atoms with Crippen LogP contribution in [0.2, 0.25) is 0 Å². The maximum absolute atomic E-state index is 12.8. The van der Waals surface area contributed by atoms with E-state index in [1.807, 2.05) is 30.3 Å². The van der Waals surface area contributed by atoms with Crippen LogP contribution in [0.15, 0.2) is 30.3 Å². The normalized spacial score (nSPS) is 18.6. The first-order chi connectivity index (χ1) is 13.8. The van der Waals surface area contributed by atoms with Crippen molar-refractivity contribution in [3.8, 4) is 0 Å². The third-order valence-corrected chi connectivity index (χ3v) is 5.03. The number of ether oxygens (including phenoxy) is 1. The van der Waals surface area contributed by atoms with E-state index in [9.17, 15) is 19.2 Å². The van der Waals surface area contributed by atoms with Gasteiger partial charge in [-0.25, -0.2) is 4.79 Å². The van der Waals surface area contributed by atoms with Gasteiger partial charge in [-0.1, -0.05) is 44.2 Å². The number of carbonyl (C=O) groups is 4. The molecule has 1 saturated carbocycles. The highest BCUT2D eigenvalue weighted by atomic mass is 16.5. The number of primary amides is 1. The van der Waals surface area contributed by atoms with Crippen LogP contribution in [-0.4, -0.2) is 35.8 Å². The number of benzene rings is 1. The highest BCUT2D eigenvalue weighted by Gasteiger charge is 2.34. The molecule has 158 valence electrons. The summed E-state index contributed by atoms with van der Waals surface area (Å²) in [5.74, 6) is -1.73. The first-order valence-electron chi connectivity index (χ1n) is 9.86.